The zero-order chi connectivity index (χ0) is 24.5. The number of carbonyl (C=O) groups is 1. The van der Waals surface area contributed by atoms with Gasteiger partial charge in [-0.1, -0.05) is 11.3 Å². The second kappa shape index (κ2) is 9.38. The third-order valence-corrected chi connectivity index (χ3v) is 6.04. The Kier molecular flexibility index (Phi) is 6.52. The van der Waals surface area contributed by atoms with Crippen molar-refractivity contribution < 1.29 is 13.9 Å². The van der Waals surface area contributed by atoms with Crippen molar-refractivity contribution in [2.45, 2.75) is 39.8 Å². The number of likely N-dealkylation sites (N-methyl/N-ethyl adjacent to an activating group) is 1. The second-order valence-corrected chi connectivity index (χ2v) is 10.1. The summed E-state index contributed by atoms with van der Waals surface area (Å²) in [7, 11) is 3.49. The summed E-state index contributed by atoms with van der Waals surface area (Å²) >= 11 is 1.43. The molecule has 10 heteroatoms. The van der Waals surface area contributed by atoms with Crippen LogP contribution in [0.3, 0.4) is 0 Å². The van der Waals surface area contributed by atoms with E-state index < -0.39 is 0 Å². The molecule has 0 fully saturated rings. The zero-order valence-corrected chi connectivity index (χ0v) is 21.1. The fourth-order valence-corrected chi connectivity index (χ4v) is 4.28. The van der Waals surface area contributed by atoms with Crippen LogP contribution in [-0.2, 0) is 11.3 Å². The number of imidazole rings is 1. The lowest BCUT2D eigenvalue weighted by Crippen LogP contribution is -2.34. The highest BCUT2D eigenvalue weighted by molar-refractivity contribution is 7.20. The van der Waals surface area contributed by atoms with Gasteiger partial charge in [-0.05, 0) is 64.1 Å². The summed E-state index contributed by atoms with van der Waals surface area (Å²) in [4.78, 5) is 19.9. The Hall–Kier alpha value is -3.53. The zero-order valence-electron chi connectivity index (χ0n) is 20.3. The molecule has 34 heavy (non-hydrogen) atoms. The molecule has 0 bridgehead atoms. The lowest BCUT2D eigenvalue weighted by Gasteiger charge is -2.22. The maximum Gasteiger partial charge on any atom is 0.239 e. The van der Waals surface area contributed by atoms with Crippen LogP contribution in [0.15, 0.2) is 40.8 Å². The van der Waals surface area contributed by atoms with Crippen molar-refractivity contribution in [2.24, 2.45) is 0 Å². The fraction of sp³-hybridized carbons (Fsp3) is 0.375. The van der Waals surface area contributed by atoms with E-state index >= 15 is 0 Å². The molecule has 0 saturated carbocycles. The van der Waals surface area contributed by atoms with Gasteiger partial charge in [0.15, 0.2) is 5.82 Å². The van der Waals surface area contributed by atoms with E-state index in [0.717, 1.165) is 39.3 Å². The number of aromatic nitrogens is 3. The topological polar surface area (TPSA) is 96.9 Å². The minimum Gasteiger partial charge on any atom is -0.497 e. The van der Waals surface area contributed by atoms with Crippen LogP contribution in [0.2, 0.25) is 0 Å². The summed E-state index contributed by atoms with van der Waals surface area (Å²) in [6.45, 7) is 8.68. The SMILES string of the molecule is COc1ccc(-c2nc3sc(N(C)CC(=O)NCc4ccc(C)o4)nn3c2NC(C)(C)C)cc1. The van der Waals surface area contributed by atoms with Crippen LogP contribution in [-0.4, -0.2) is 46.7 Å². The highest BCUT2D eigenvalue weighted by Gasteiger charge is 2.23. The van der Waals surface area contributed by atoms with E-state index in [9.17, 15) is 4.79 Å². The number of anilines is 2. The van der Waals surface area contributed by atoms with Gasteiger partial charge in [0.2, 0.25) is 16.0 Å². The highest BCUT2D eigenvalue weighted by Crippen LogP contribution is 2.35. The lowest BCUT2D eigenvalue weighted by atomic mass is 10.1. The second-order valence-electron chi connectivity index (χ2n) is 9.14. The van der Waals surface area contributed by atoms with Crippen molar-refractivity contribution in [3.63, 3.8) is 0 Å². The van der Waals surface area contributed by atoms with Crippen LogP contribution in [0.1, 0.15) is 32.3 Å². The minimum absolute atomic E-state index is 0.114. The minimum atomic E-state index is -0.197. The largest absolute Gasteiger partial charge is 0.497 e. The molecule has 9 nitrogen and oxygen atoms in total. The molecule has 0 spiro atoms. The van der Waals surface area contributed by atoms with Gasteiger partial charge in [-0.15, -0.1) is 5.10 Å². The molecule has 180 valence electrons. The van der Waals surface area contributed by atoms with E-state index in [2.05, 4.69) is 31.4 Å². The first-order chi connectivity index (χ1) is 16.1. The first-order valence-electron chi connectivity index (χ1n) is 11.0. The number of amides is 1. The Morgan fingerprint density at radius 1 is 1.21 bits per heavy atom. The Balaban J connectivity index is 1.55. The van der Waals surface area contributed by atoms with Crippen molar-refractivity contribution in [3.8, 4) is 17.0 Å². The third-order valence-electron chi connectivity index (χ3n) is 5.01. The molecule has 0 atom stereocenters. The number of rotatable bonds is 8. The summed E-state index contributed by atoms with van der Waals surface area (Å²) < 4.78 is 12.6. The highest BCUT2D eigenvalue weighted by atomic mass is 32.1. The number of furan rings is 1. The number of carbonyl (C=O) groups excluding carboxylic acids is 1. The van der Waals surface area contributed by atoms with E-state index in [0.29, 0.717) is 11.7 Å². The summed E-state index contributed by atoms with van der Waals surface area (Å²) in [6, 6.07) is 11.5. The predicted molar refractivity (Wildman–Crippen MR) is 135 cm³/mol. The molecule has 3 aromatic heterocycles. The number of nitrogens with one attached hydrogen (secondary N) is 2. The van der Waals surface area contributed by atoms with Crippen LogP contribution < -0.4 is 20.3 Å². The van der Waals surface area contributed by atoms with Crippen LogP contribution >= 0.6 is 11.3 Å². The van der Waals surface area contributed by atoms with Crippen molar-refractivity contribution in [2.75, 3.05) is 30.9 Å². The third kappa shape index (κ3) is 5.33. The van der Waals surface area contributed by atoms with Crippen LogP contribution in [0.25, 0.3) is 16.2 Å². The van der Waals surface area contributed by atoms with Crippen molar-refractivity contribution >= 4 is 33.2 Å². The van der Waals surface area contributed by atoms with Crippen LogP contribution in [0.5, 0.6) is 5.75 Å². The number of aryl methyl sites for hydroxylation is 1. The molecule has 4 aromatic rings. The quantitative estimate of drug-likeness (QED) is 0.386. The van der Waals surface area contributed by atoms with Gasteiger partial charge in [-0.2, -0.15) is 4.52 Å². The molecule has 4 rings (SSSR count). The monoisotopic (exact) mass is 482 g/mol. The molecule has 1 amide bonds. The summed E-state index contributed by atoms with van der Waals surface area (Å²) in [5.41, 5.74) is 1.58. The predicted octanol–water partition coefficient (Wildman–Crippen LogP) is 4.33. The molecule has 0 aliphatic heterocycles. The van der Waals surface area contributed by atoms with Crippen molar-refractivity contribution in [1.82, 2.24) is 19.9 Å². The van der Waals surface area contributed by atoms with Gasteiger partial charge in [0.25, 0.3) is 0 Å². The number of benzene rings is 1. The number of nitrogens with zero attached hydrogens (tertiary/aromatic N) is 4. The standard InChI is InChI=1S/C24H30N6O3S/c1-15-7-10-18(33-15)13-25-19(31)14-29(5)23-28-30-21(27-24(2,3)4)20(26-22(30)34-23)16-8-11-17(32-6)12-9-16/h7-12,27H,13-14H2,1-6H3,(H,25,31). The van der Waals surface area contributed by atoms with Gasteiger partial charge in [0.1, 0.15) is 23.0 Å². The van der Waals surface area contributed by atoms with Gasteiger partial charge in [-0.25, -0.2) is 4.98 Å². The molecule has 3 heterocycles. The number of fused-ring (bicyclic) bond motifs is 1. The van der Waals surface area contributed by atoms with E-state index in [1.807, 2.05) is 59.8 Å². The van der Waals surface area contributed by atoms with Crippen molar-refractivity contribution in [3.05, 3.63) is 47.9 Å². The lowest BCUT2D eigenvalue weighted by molar-refractivity contribution is -0.120. The number of methoxy groups -OCH3 is 1. The smallest absolute Gasteiger partial charge is 0.239 e. The Bertz CT molecular complexity index is 1280. The maximum absolute atomic E-state index is 12.4. The van der Waals surface area contributed by atoms with Gasteiger partial charge in [0.05, 0.1) is 20.2 Å². The number of ether oxygens (including phenoxy) is 1. The Morgan fingerprint density at radius 3 is 2.56 bits per heavy atom. The number of hydrogen-bond donors (Lipinski definition) is 2. The average Bonchev–Trinajstić information content (AvgIpc) is 3.47. The van der Waals surface area contributed by atoms with E-state index in [1.165, 1.54) is 11.3 Å². The molecule has 0 aliphatic rings. The Labute approximate surface area is 202 Å². The van der Waals surface area contributed by atoms with Gasteiger partial charge in [0, 0.05) is 18.2 Å². The molecule has 1 aromatic carbocycles. The van der Waals surface area contributed by atoms with Crippen LogP contribution in [0, 0.1) is 6.92 Å². The summed E-state index contributed by atoms with van der Waals surface area (Å²) in [5, 5.41) is 11.9. The molecular formula is C24H30N6O3S. The van der Waals surface area contributed by atoms with Crippen LogP contribution in [0.4, 0.5) is 10.9 Å². The van der Waals surface area contributed by atoms with Crippen molar-refractivity contribution in [1.29, 1.82) is 0 Å². The van der Waals surface area contributed by atoms with Gasteiger partial charge in [-0.3, -0.25) is 4.79 Å². The average molecular weight is 483 g/mol. The Morgan fingerprint density at radius 2 is 1.94 bits per heavy atom. The molecule has 0 unspecified atom stereocenters. The van der Waals surface area contributed by atoms with E-state index in [1.54, 1.807) is 7.11 Å². The van der Waals surface area contributed by atoms with E-state index in [4.69, 9.17) is 19.2 Å². The maximum atomic E-state index is 12.4. The molecule has 0 radical (unpaired) electrons. The first kappa shape index (κ1) is 23.6. The van der Waals surface area contributed by atoms with Gasteiger partial charge >= 0.3 is 0 Å². The summed E-state index contributed by atoms with van der Waals surface area (Å²) in [6.07, 6.45) is 0. The molecule has 0 saturated heterocycles. The first-order valence-corrected chi connectivity index (χ1v) is 11.8. The van der Waals surface area contributed by atoms with E-state index in [-0.39, 0.29) is 18.0 Å². The van der Waals surface area contributed by atoms with Gasteiger partial charge < -0.3 is 24.7 Å². The molecule has 0 aliphatic carbocycles. The summed E-state index contributed by atoms with van der Waals surface area (Å²) in [5.74, 6) is 3.03. The number of hydrogen-bond acceptors (Lipinski definition) is 8. The normalized spacial score (nSPS) is 11.6. The molecule has 2 N–H and O–H groups in total. The fourth-order valence-electron chi connectivity index (χ4n) is 3.41. The molecular weight excluding hydrogens is 452 g/mol.